The van der Waals surface area contributed by atoms with Crippen molar-refractivity contribution >= 4 is 31.0 Å². The van der Waals surface area contributed by atoms with Gasteiger partial charge in [0, 0.05) is 36.5 Å². The Hall–Kier alpha value is -2.34. The Labute approximate surface area is 191 Å². The molecule has 0 radical (unpaired) electrons. The average Bonchev–Trinajstić information content (AvgIpc) is 2.85. The van der Waals surface area contributed by atoms with Crippen molar-refractivity contribution in [1.29, 1.82) is 0 Å². The van der Waals surface area contributed by atoms with Crippen LogP contribution in [0.3, 0.4) is 0 Å². The number of nitrogens with zero attached hydrogens (tertiary/aromatic N) is 2. The first-order valence-electron chi connectivity index (χ1n) is 10.6. The van der Waals surface area contributed by atoms with Crippen molar-refractivity contribution in [2.75, 3.05) is 25.0 Å². The molecular formula is C24H31F6N2P. The molecule has 0 saturated heterocycles. The molecule has 2 aromatic carbocycles. The van der Waals surface area contributed by atoms with Crippen LogP contribution in [0.5, 0.6) is 0 Å². The second kappa shape index (κ2) is 8.46. The molecule has 1 aliphatic heterocycles. The summed E-state index contributed by atoms with van der Waals surface area (Å²) in [5, 5.41) is 0. The van der Waals surface area contributed by atoms with E-state index < -0.39 is 7.81 Å². The van der Waals surface area contributed by atoms with Gasteiger partial charge < -0.3 is 4.90 Å². The molecule has 0 aliphatic carbocycles. The Kier molecular flexibility index (Phi) is 6.90. The fourth-order valence-corrected chi connectivity index (χ4v) is 4.01. The molecule has 0 aromatic heterocycles. The van der Waals surface area contributed by atoms with Gasteiger partial charge in [0.15, 0.2) is 5.71 Å². The van der Waals surface area contributed by atoms with E-state index in [0.29, 0.717) is 0 Å². The van der Waals surface area contributed by atoms with Gasteiger partial charge in [-0.25, -0.2) is 0 Å². The summed E-state index contributed by atoms with van der Waals surface area (Å²) in [5.74, 6) is 0. The maximum atomic E-state index is 9.87. The quantitative estimate of drug-likeness (QED) is 0.229. The predicted molar refractivity (Wildman–Crippen MR) is 128 cm³/mol. The summed E-state index contributed by atoms with van der Waals surface area (Å²) in [6, 6.07) is 15.6. The van der Waals surface area contributed by atoms with Crippen LogP contribution >= 0.6 is 7.81 Å². The zero-order valence-electron chi connectivity index (χ0n) is 19.7. The molecule has 3 rings (SSSR count). The van der Waals surface area contributed by atoms with Gasteiger partial charge in [-0.3, -0.25) is 0 Å². The summed E-state index contributed by atoms with van der Waals surface area (Å²) in [5.41, 5.74) is 7.95. The van der Waals surface area contributed by atoms with Crippen molar-refractivity contribution in [1.82, 2.24) is 0 Å². The van der Waals surface area contributed by atoms with Crippen LogP contribution in [-0.4, -0.2) is 30.4 Å². The molecular weight excluding hydrogens is 461 g/mol. The Morgan fingerprint density at radius 1 is 0.879 bits per heavy atom. The second-order valence-electron chi connectivity index (χ2n) is 8.65. The molecule has 2 nitrogen and oxygen atoms in total. The van der Waals surface area contributed by atoms with E-state index in [2.05, 4.69) is 106 Å². The topological polar surface area (TPSA) is 6.25 Å². The van der Waals surface area contributed by atoms with Gasteiger partial charge in [0.1, 0.15) is 7.05 Å². The van der Waals surface area contributed by atoms with Crippen molar-refractivity contribution in [2.45, 2.75) is 40.0 Å². The van der Waals surface area contributed by atoms with Crippen LogP contribution in [0.4, 0.5) is 36.6 Å². The molecule has 0 N–H and O–H groups in total. The van der Waals surface area contributed by atoms with E-state index >= 15 is 0 Å². The van der Waals surface area contributed by atoms with Crippen molar-refractivity contribution in [2.24, 2.45) is 0 Å². The molecule has 0 unspecified atom stereocenters. The fraction of sp³-hybridized carbons (Fsp3) is 0.375. The first kappa shape index (κ1) is 26.9. The number of hydrogen-bond acceptors (Lipinski definition) is 1. The van der Waals surface area contributed by atoms with Gasteiger partial charge in [-0.1, -0.05) is 23.8 Å². The third-order valence-corrected chi connectivity index (χ3v) is 5.64. The molecule has 0 atom stereocenters. The third kappa shape index (κ3) is 7.88. The number of rotatable bonds is 5. The van der Waals surface area contributed by atoms with Crippen LogP contribution in [0.15, 0.2) is 48.5 Å². The van der Waals surface area contributed by atoms with Gasteiger partial charge in [-0.2, -0.15) is 4.58 Å². The second-order valence-corrected chi connectivity index (χ2v) is 10.6. The number of aryl methyl sites for hydroxylation is 1. The van der Waals surface area contributed by atoms with E-state index in [0.717, 1.165) is 13.1 Å². The molecule has 0 saturated carbocycles. The minimum absolute atomic E-state index is 0.0216. The average molecular weight is 492 g/mol. The van der Waals surface area contributed by atoms with Crippen molar-refractivity contribution < 1.29 is 29.8 Å². The van der Waals surface area contributed by atoms with E-state index in [1.807, 2.05) is 0 Å². The molecule has 9 heteroatoms. The number of allylic oxidation sites excluding steroid dienone is 1. The predicted octanol–water partition coefficient (Wildman–Crippen LogP) is 8.94. The van der Waals surface area contributed by atoms with Crippen LogP contribution in [0.25, 0.3) is 6.08 Å². The van der Waals surface area contributed by atoms with Gasteiger partial charge in [-0.15, -0.1) is 0 Å². The van der Waals surface area contributed by atoms with Crippen molar-refractivity contribution in [3.05, 3.63) is 65.2 Å². The number of hydrogen-bond donors (Lipinski definition) is 0. The maximum absolute atomic E-state index is 10.7. The van der Waals surface area contributed by atoms with Gasteiger partial charge >= 0.3 is 33.0 Å². The van der Waals surface area contributed by atoms with Crippen molar-refractivity contribution in [3.8, 4) is 0 Å². The fourth-order valence-electron chi connectivity index (χ4n) is 4.01. The van der Waals surface area contributed by atoms with Crippen LogP contribution in [0.1, 0.15) is 44.4 Å². The first-order chi connectivity index (χ1) is 14.8. The minimum atomic E-state index is -10.7. The Morgan fingerprint density at radius 2 is 1.39 bits per heavy atom. The summed E-state index contributed by atoms with van der Waals surface area (Å²) in [6.45, 7) is 13.3. The Morgan fingerprint density at radius 3 is 1.88 bits per heavy atom. The van der Waals surface area contributed by atoms with Crippen LogP contribution in [0.2, 0.25) is 0 Å². The molecule has 2 aromatic rings. The SMILES string of the molecule is CCN(CC)c1ccc(C=CC2=[N+](C)c3ccc(C)cc3C2(C)C)cc1.F[P-](F)(F)(F)(F)F. The standard InChI is InChI=1S/C24H31N2.F6P/c1-7-26(8-2)20-13-10-19(11-14-20)12-16-23-24(4,5)21-17-18(3)9-15-22(21)25(23)6;1-7(2,3,4,5)6/h9-17H,7-8H2,1-6H3;/q+1;-1. The normalized spacial score (nSPS) is 17.2. The number of anilines is 1. The number of halogens is 6. The van der Waals surface area contributed by atoms with Crippen LogP contribution < -0.4 is 4.90 Å². The van der Waals surface area contributed by atoms with Gasteiger partial charge in [0.05, 0.1) is 5.41 Å². The summed E-state index contributed by atoms with van der Waals surface area (Å²) in [7, 11) is -8.48. The van der Waals surface area contributed by atoms with E-state index in [9.17, 15) is 25.2 Å². The van der Waals surface area contributed by atoms with E-state index in [1.165, 1.54) is 33.8 Å². The van der Waals surface area contributed by atoms with Gasteiger partial charge in [-0.05, 0) is 64.5 Å². The third-order valence-electron chi connectivity index (χ3n) is 5.64. The monoisotopic (exact) mass is 492 g/mol. The summed E-state index contributed by atoms with van der Waals surface area (Å²) < 4.78 is 61.5. The molecule has 184 valence electrons. The summed E-state index contributed by atoms with van der Waals surface area (Å²) in [6.07, 6.45) is 4.51. The number of fused-ring (bicyclic) bond motifs is 1. The zero-order valence-corrected chi connectivity index (χ0v) is 20.6. The first-order valence-corrected chi connectivity index (χ1v) is 12.7. The molecule has 33 heavy (non-hydrogen) atoms. The van der Waals surface area contributed by atoms with E-state index in [4.69, 9.17) is 0 Å². The van der Waals surface area contributed by atoms with E-state index in [1.54, 1.807) is 0 Å². The Bertz CT molecular complexity index is 1050. The van der Waals surface area contributed by atoms with Crippen molar-refractivity contribution in [3.63, 3.8) is 0 Å². The molecule has 1 aliphatic rings. The van der Waals surface area contributed by atoms with Crippen LogP contribution in [0, 0.1) is 6.92 Å². The van der Waals surface area contributed by atoms with Crippen LogP contribution in [-0.2, 0) is 5.41 Å². The molecule has 0 bridgehead atoms. The van der Waals surface area contributed by atoms with Gasteiger partial charge in [0.2, 0.25) is 5.69 Å². The van der Waals surface area contributed by atoms with Gasteiger partial charge in [0.25, 0.3) is 0 Å². The zero-order chi connectivity index (χ0) is 25.3. The number of benzene rings is 2. The molecule has 0 spiro atoms. The summed E-state index contributed by atoms with van der Waals surface area (Å²) >= 11 is 0. The molecule has 0 amide bonds. The van der Waals surface area contributed by atoms with E-state index in [-0.39, 0.29) is 5.41 Å². The molecule has 0 fully saturated rings. The molecule has 1 heterocycles. The summed E-state index contributed by atoms with van der Waals surface area (Å²) in [4.78, 5) is 2.37. The Balaban J connectivity index is 0.000000479.